The second-order valence-electron chi connectivity index (χ2n) is 4.93. The molecule has 1 aromatic rings. The Morgan fingerprint density at radius 3 is 2.65 bits per heavy atom. The van der Waals surface area contributed by atoms with Crippen LogP contribution in [0, 0.1) is 6.92 Å². The van der Waals surface area contributed by atoms with Crippen LogP contribution in [0.25, 0.3) is 0 Å². The quantitative estimate of drug-likeness (QED) is 0.644. The molecule has 0 aliphatic heterocycles. The zero-order valence-corrected chi connectivity index (χ0v) is 15.9. The highest BCUT2D eigenvalue weighted by atomic mass is 79.9. The number of rotatable bonds is 8. The lowest BCUT2D eigenvalue weighted by molar-refractivity contribution is -0.132. The summed E-state index contributed by atoms with van der Waals surface area (Å²) in [6, 6.07) is 5.60. The Labute approximate surface area is 151 Å². The van der Waals surface area contributed by atoms with Gasteiger partial charge in [-0.25, -0.2) is 0 Å². The molecule has 6 nitrogen and oxygen atoms in total. The molecule has 2 N–H and O–H groups in total. The Morgan fingerprint density at radius 2 is 2.04 bits per heavy atom. The Hall–Kier alpha value is -1.15. The van der Waals surface area contributed by atoms with E-state index in [4.69, 9.17) is 4.74 Å². The molecule has 0 fully saturated rings. The van der Waals surface area contributed by atoms with E-state index in [0.29, 0.717) is 13.2 Å². The highest BCUT2D eigenvalue weighted by Gasteiger charge is 2.13. The number of aryl methyl sites for hydroxylation is 1. The van der Waals surface area contributed by atoms with Crippen LogP contribution in [0.3, 0.4) is 0 Å². The smallest absolute Gasteiger partial charge is 0.243 e. The van der Waals surface area contributed by atoms with Crippen molar-refractivity contribution in [2.45, 2.75) is 6.92 Å². The fourth-order valence-electron chi connectivity index (χ4n) is 1.77. The number of hydrogen-bond acceptors (Lipinski definition) is 4. The summed E-state index contributed by atoms with van der Waals surface area (Å²) in [5, 5.41) is 5.76. The van der Waals surface area contributed by atoms with E-state index >= 15 is 0 Å². The second kappa shape index (κ2) is 11.4. The molecule has 0 saturated heterocycles. The first-order valence-electron chi connectivity index (χ1n) is 6.93. The number of amides is 2. The van der Waals surface area contributed by atoms with Crippen LogP contribution >= 0.6 is 28.3 Å². The van der Waals surface area contributed by atoms with E-state index in [9.17, 15) is 9.59 Å². The van der Waals surface area contributed by atoms with Crippen LogP contribution < -0.4 is 10.6 Å². The maximum Gasteiger partial charge on any atom is 0.243 e. The van der Waals surface area contributed by atoms with Gasteiger partial charge in [0.2, 0.25) is 11.8 Å². The molecule has 0 aliphatic rings. The normalized spacial score (nSPS) is 9.91. The number of carbonyl (C=O) groups is 2. The van der Waals surface area contributed by atoms with Crippen LogP contribution in [0.1, 0.15) is 5.56 Å². The van der Waals surface area contributed by atoms with Crippen LogP contribution in [0.5, 0.6) is 0 Å². The predicted molar refractivity (Wildman–Crippen MR) is 97.1 cm³/mol. The van der Waals surface area contributed by atoms with Crippen LogP contribution in [0.15, 0.2) is 22.7 Å². The predicted octanol–water partition coefficient (Wildman–Crippen LogP) is 1.81. The van der Waals surface area contributed by atoms with Crippen molar-refractivity contribution in [2.75, 3.05) is 45.7 Å². The van der Waals surface area contributed by atoms with Crippen molar-refractivity contribution in [1.82, 2.24) is 10.2 Å². The molecule has 0 aliphatic carbocycles. The van der Waals surface area contributed by atoms with Gasteiger partial charge in [0.15, 0.2) is 0 Å². The monoisotopic (exact) mass is 407 g/mol. The molecule has 0 saturated carbocycles. The van der Waals surface area contributed by atoms with Gasteiger partial charge in [-0.05, 0) is 30.7 Å². The third-order valence-electron chi connectivity index (χ3n) is 3.03. The standard InChI is InChI=1S/C15H22BrN3O3.ClH/c1-11-8-12(16)4-5-13(11)18-14(20)10-19(2)15(21)9-17-6-7-22-3;/h4-5,8,17H,6-7,9-10H2,1-3H3,(H,18,20);1H. The number of hydrogen-bond donors (Lipinski definition) is 2. The molecule has 1 rings (SSSR count). The van der Waals surface area contributed by atoms with Gasteiger partial charge in [0, 0.05) is 30.9 Å². The fraction of sp³-hybridized carbons (Fsp3) is 0.467. The van der Waals surface area contributed by atoms with E-state index in [1.165, 1.54) is 4.90 Å². The van der Waals surface area contributed by atoms with Gasteiger partial charge in [0.25, 0.3) is 0 Å². The first-order valence-corrected chi connectivity index (χ1v) is 7.73. The van der Waals surface area contributed by atoms with Gasteiger partial charge in [-0.1, -0.05) is 15.9 Å². The number of benzene rings is 1. The highest BCUT2D eigenvalue weighted by molar-refractivity contribution is 9.10. The average Bonchev–Trinajstić information content (AvgIpc) is 2.46. The first-order chi connectivity index (χ1) is 10.4. The molecule has 1 aromatic carbocycles. The summed E-state index contributed by atoms with van der Waals surface area (Å²) in [5.41, 5.74) is 1.70. The van der Waals surface area contributed by atoms with Crippen LogP contribution in [-0.2, 0) is 14.3 Å². The second-order valence-corrected chi connectivity index (χ2v) is 5.84. The fourth-order valence-corrected chi connectivity index (χ4v) is 2.24. The molecule has 0 spiro atoms. The summed E-state index contributed by atoms with van der Waals surface area (Å²) in [5.74, 6) is -0.364. The van der Waals surface area contributed by atoms with Crippen LogP contribution in [0.4, 0.5) is 5.69 Å². The Kier molecular flexibility index (Phi) is 10.8. The molecule has 0 unspecified atom stereocenters. The summed E-state index contributed by atoms with van der Waals surface area (Å²) in [4.78, 5) is 25.2. The molecule has 8 heteroatoms. The van der Waals surface area contributed by atoms with E-state index in [0.717, 1.165) is 15.7 Å². The van der Waals surface area contributed by atoms with E-state index < -0.39 is 0 Å². The zero-order chi connectivity index (χ0) is 16.5. The van der Waals surface area contributed by atoms with Gasteiger partial charge >= 0.3 is 0 Å². The SMILES string of the molecule is COCCNCC(=O)N(C)CC(=O)Nc1ccc(Br)cc1C.Cl. The molecule has 0 radical (unpaired) electrons. The maximum atomic E-state index is 12.0. The molecular weight excluding hydrogens is 386 g/mol. The summed E-state index contributed by atoms with van der Waals surface area (Å²) >= 11 is 3.38. The average molecular weight is 409 g/mol. The van der Waals surface area contributed by atoms with Crippen molar-refractivity contribution in [3.63, 3.8) is 0 Å². The third kappa shape index (κ3) is 8.31. The van der Waals surface area contributed by atoms with Gasteiger partial charge in [0.05, 0.1) is 19.7 Å². The number of carbonyl (C=O) groups excluding carboxylic acids is 2. The van der Waals surface area contributed by atoms with E-state index in [-0.39, 0.29) is 37.3 Å². The molecule has 2 amide bonds. The van der Waals surface area contributed by atoms with E-state index in [1.54, 1.807) is 14.2 Å². The molecule has 130 valence electrons. The van der Waals surface area contributed by atoms with E-state index in [2.05, 4.69) is 26.6 Å². The van der Waals surface area contributed by atoms with Crippen molar-refractivity contribution in [1.29, 1.82) is 0 Å². The van der Waals surface area contributed by atoms with E-state index in [1.807, 2.05) is 25.1 Å². The summed E-state index contributed by atoms with van der Waals surface area (Å²) in [6.07, 6.45) is 0. The van der Waals surface area contributed by atoms with Crippen molar-refractivity contribution in [2.24, 2.45) is 0 Å². The third-order valence-corrected chi connectivity index (χ3v) is 3.52. The molecule has 0 atom stereocenters. The Balaban J connectivity index is 0.00000484. The molecule has 23 heavy (non-hydrogen) atoms. The zero-order valence-electron chi connectivity index (χ0n) is 13.5. The van der Waals surface area contributed by atoms with Crippen LogP contribution in [-0.4, -0.2) is 57.1 Å². The highest BCUT2D eigenvalue weighted by Crippen LogP contribution is 2.19. The Bertz CT molecular complexity index is 529. The number of likely N-dealkylation sites (N-methyl/N-ethyl adjacent to an activating group) is 1. The van der Waals surface area contributed by atoms with Gasteiger partial charge in [0.1, 0.15) is 0 Å². The topological polar surface area (TPSA) is 70.7 Å². The Morgan fingerprint density at radius 1 is 1.35 bits per heavy atom. The number of nitrogens with zero attached hydrogens (tertiary/aromatic N) is 1. The summed E-state index contributed by atoms with van der Waals surface area (Å²) in [6.45, 7) is 3.25. The molecule has 0 bridgehead atoms. The molecule has 0 aromatic heterocycles. The van der Waals surface area contributed by atoms with Gasteiger partial charge in [-0.15, -0.1) is 12.4 Å². The minimum Gasteiger partial charge on any atom is -0.383 e. The first kappa shape index (κ1) is 21.9. The van der Waals surface area contributed by atoms with Gasteiger partial charge in [-0.2, -0.15) is 0 Å². The van der Waals surface area contributed by atoms with Gasteiger partial charge < -0.3 is 20.3 Å². The maximum absolute atomic E-state index is 12.0. The number of methoxy groups -OCH3 is 1. The lowest BCUT2D eigenvalue weighted by Crippen LogP contribution is -2.40. The van der Waals surface area contributed by atoms with Crippen LogP contribution in [0.2, 0.25) is 0 Å². The number of ether oxygens (including phenoxy) is 1. The number of anilines is 1. The molecular formula is C15H23BrClN3O3. The lowest BCUT2D eigenvalue weighted by Gasteiger charge is -2.17. The van der Waals surface area contributed by atoms with Crippen molar-refractivity contribution in [3.8, 4) is 0 Å². The molecule has 0 heterocycles. The van der Waals surface area contributed by atoms with Gasteiger partial charge in [-0.3, -0.25) is 9.59 Å². The van der Waals surface area contributed by atoms with Crippen molar-refractivity contribution >= 4 is 45.8 Å². The minimum atomic E-state index is -0.224. The lowest BCUT2D eigenvalue weighted by atomic mass is 10.2. The number of nitrogens with one attached hydrogen (secondary N) is 2. The van der Waals surface area contributed by atoms with Crippen molar-refractivity contribution < 1.29 is 14.3 Å². The summed E-state index contributed by atoms with van der Waals surface area (Å²) < 4.78 is 5.84. The number of halogens is 2. The largest absolute Gasteiger partial charge is 0.383 e. The summed E-state index contributed by atoms with van der Waals surface area (Å²) in [7, 11) is 3.21. The van der Waals surface area contributed by atoms with Crippen molar-refractivity contribution in [3.05, 3.63) is 28.2 Å². The minimum absolute atomic E-state index is 0.